The average molecular weight is 293 g/mol. The SMILES string of the molecule is C[C@@H]1C[C@@H]1c1ccc(CN2CCS[C@@H]3COCC[C@@H]32)o1. The highest BCUT2D eigenvalue weighted by molar-refractivity contribution is 8.00. The van der Waals surface area contributed by atoms with Crippen LogP contribution in [0.4, 0.5) is 0 Å². The quantitative estimate of drug-likeness (QED) is 0.855. The maximum atomic E-state index is 6.08. The minimum Gasteiger partial charge on any atom is -0.464 e. The van der Waals surface area contributed by atoms with E-state index in [-0.39, 0.29) is 0 Å². The van der Waals surface area contributed by atoms with Crippen molar-refractivity contribution in [1.82, 2.24) is 4.90 Å². The molecule has 20 heavy (non-hydrogen) atoms. The molecule has 2 aliphatic heterocycles. The molecule has 3 fully saturated rings. The van der Waals surface area contributed by atoms with Gasteiger partial charge in [-0.3, -0.25) is 4.90 Å². The van der Waals surface area contributed by atoms with E-state index in [9.17, 15) is 0 Å². The highest BCUT2D eigenvalue weighted by Crippen LogP contribution is 2.47. The monoisotopic (exact) mass is 293 g/mol. The molecule has 1 saturated carbocycles. The van der Waals surface area contributed by atoms with Crippen LogP contribution in [-0.4, -0.2) is 41.7 Å². The molecule has 3 aliphatic rings. The summed E-state index contributed by atoms with van der Waals surface area (Å²) in [6.45, 7) is 6.31. The van der Waals surface area contributed by atoms with Gasteiger partial charge in [-0.15, -0.1) is 0 Å². The smallest absolute Gasteiger partial charge is 0.118 e. The number of hydrogen-bond donors (Lipinski definition) is 0. The third-order valence-electron chi connectivity index (χ3n) is 4.96. The summed E-state index contributed by atoms with van der Waals surface area (Å²) in [4.78, 5) is 2.61. The minimum absolute atomic E-state index is 0.662. The lowest BCUT2D eigenvalue weighted by atomic mass is 10.1. The fraction of sp³-hybridized carbons (Fsp3) is 0.750. The van der Waals surface area contributed by atoms with E-state index in [0.29, 0.717) is 17.2 Å². The van der Waals surface area contributed by atoms with Gasteiger partial charge in [-0.1, -0.05) is 6.92 Å². The molecule has 0 N–H and O–H groups in total. The Morgan fingerprint density at radius 1 is 1.40 bits per heavy atom. The van der Waals surface area contributed by atoms with Gasteiger partial charge in [0.2, 0.25) is 0 Å². The van der Waals surface area contributed by atoms with E-state index < -0.39 is 0 Å². The fourth-order valence-corrected chi connectivity index (χ4v) is 4.92. The van der Waals surface area contributed by atoms with Crippen molar-refractivity contribution in [3.8, 4) is 0 Å². The van der Waals surface area contributed by atoms with Crippen LogP contribution in [0.2, 0.25) is 0 Å². The molecular formula is C16H23NO2S. The second-order valence-corrected chi connectivity index (χ2v) is 7.78. The first-order valence-electron chi connectivity index (χ1n) is 7.83. The zero-order valence-electron chi connectivity index (χ0n) is 12.1. The van der Waals surface area contributed by atoms with E-state index in [4.69, 9.17) is 9.15 Å². The van der Waals surface area contributed by atoms with Crippen molar-refractivity contribution in [2.45, 2.75) is 43.5 Å². The first-order chi connectivity index (χ1) is 9.81. The number of furan rings is 1. The Hall–Kier alpha value is -0.450. The van der Waals surface area contributed by atoms with Gasteiger partial charge in [0.05, 0.1) is 13.2 Å². The Bertz CT molecular complexity index is 473. The number of nitrogens with zero attached hydrogens (tertiary/aromatic N) is 1. The van der Waals surface area contributed by atoms with Crippen LogP contribution in [-0.2, 0) is 11.3 Å². The molecule has 2 saturated heterocycles. The molecule has 0 aromatic carbocycles. The van der Waals surface area contributed by atoms with Crippen molar-refractivity contribution in [1.29, 1.82) is 0 Å². The van der Waals surface area contributed by atoms with Gasteiger partial charge in [-0.05, 0) is 30.9 Å². The molecule has 0 unspecified atom stereocenters. The van der Waals surface area contributed by atoms with Crippen molar-refractivity contribution in [3.05, 3.63) is 23.7 Å². The summed E-state index contributed by atoms with van der Waals surface area (Å²) >= 11 is 2.08. The van der Waals surface area contributed by atoms with Gasteiger partial charge in [0.25, 0.3) is 0 Å². The lowest BCUT2D eigenvalue weighted by Gasteiger charge is -2.43. The number of fused-ring (bicyclic) bond motifs is 1. The maximum Gasteiger partial charge on any atom is 0.118 e. The highest BCUT2D eigenvalue weighted by atomic mass is 32.2. The third kappa shape index (κ3) is 2.53. The van der Waals surface area contributed by atoms with E-state index in [0.717, 1.165) is 31.4 Å². The summed E-state index contributed by atoms with van der Waals surface area (Å²) in [5, 5.41) is 0.662. The van der Waals surface area contributed by atoms with Gasteiger partial charge in [0.15, 0.2) is 0 Å². The number of hydrogen-bond acceptors (Lipinski definition) is 4. The second kappa shape index (κ2) is 5.39. The van der Waals surface area contributed by atoms with Crippen LogP contribution in [0, 0.1) is 5.92 Å². The molecule has 0 spiro atoms. The Morgan fingerprint density at radius 3 is 3.15 bits per heavy atom. The first kappa shape index (κ1) is 13.2. The number of thioether (sulfide) groups is 1. The van der Waals surface area contributed by atoms with Crippen molar-refractivity contribution in [3.63, 3.8) is 0 Å². The average Bonchev–Trinajstić information content (AvgIpc) is 3.02. The Labute approximate surface area is 125 Å². The molecule has 4 heteroatoms. The molecule has 4 atom stereocenters. The Morgan fingerprint density at radius 2 is 2.30 bits per heavy atom. The van der Waals surface area contributed by atoms with Crippen LogP contribution >= 0.6 is 11.8 Å². The van der Waals surface area contributed by atoms with Gasteiger partial charge in [0.1, 0.15) is 11.5 Å². The van der Waals surface area contributed by atoms with E-state index in [2.05, 4.69) is 35.7 Å². The Kier molecular flexibility index (Phi) is 3.57. The van der Waals surface area contributed by atoms with E-state index in [1.54, 1.807) is 0 Å². The van der Waals surface area contributed by atoms with E-state index in [1.165, 1.54) is 30.9 Å². The van der Waals surface area contributed by atoms with Gasteiger partial charge in [-0.2, -0.15) is 11.8 Å². The lowest BCUT2D eigenvalue weighted by molar-refractivity contribution is 0.0327. The molecular weight excluding hydrogens is 270 g/mol. The summed E-state index contributed by atoms with van der Waals surface area (Å²) in [5.41, 5.74) is 0. The van der Waals surface area contributed by atoms with Gasteiger partial charge >= 0.3 is 0 Å². The highest BCUT2D eigenvalue weighted by Gasteiger charge is 2.37. The van der Waals surface area contributed by atoms with Crippen LogP contribution in [0.3, 0.4) is 0 Å². The molecule has 3 heterocycles. The van der Waals surface area contributed by atoms with Gasteiger partial charge in [-0.25, -0.2) is 0 Å². The molecule has 1 aliphatic carbocycles. The normalized spacial score (nSPS) is 37.6. The maximum absolute atomic E-state index is 6.08. The van der Waals surface area contributed by atoms with Crippen molar-refractivity contribution in [2.24, 2.45) is 5.92 Å². The standard InChI is InChI=1S/C16H23NO2S/c1-11-8-13(11)15-3-2-12(19-15)9-17-5-7-20-16-10-18-6-4-14(16)17/h2-3,11,13-14,16H,4-10H2,1H3/t11-,13+,14+,16-/m1/s1. The summed E-state index contributed by atoms with van der Waals surface area (Å²) in [6.07, 6.45) is 2.47. The lowest BCUT2D eigenvalue weighted by Crippen LogP contribution is -2.51. The largest absolute Gasteiger partial charge is 0.464 e. The molecule has 0 radical (unpaired) electrons. The Balaban J connectivity index is 1.43. The molecule has 3 nitrogen and oxygen atoms in total. The van der Waals surface area contributed by atoms with Crippen molar-refractivity contribution >= 4 is 11.8 Å². The summed E-state index contributed by atoms with van der Waals surface area (Å²) < 4.78 is 11.7. The first-order valence-corrected chi connectivity index (χ1v) is 8.88. The minimum atomic E-state index is 0.662. The van der Waals surface area contributed by atoms with Crippen LogP contribution in [0.1, 0.15) is 37.2 Å². The number of rotatable bonds is 3. The predicted octanol–water partition coefficient (Wildman–Crippen LogP) is 3.11. The molecule has 4 rings (SSSR count). The van der Waals surface area contributed by atoms with Crippen LogP contribution < -0.4 is 0 Å². The number of ether oxygens (including phenoxy) is 1. The predicted molar refractivity (Wildman–Crippen MR) is 81.1 cm³/mol. The third-order valence-corrected chi connectivity index (χ3v) is 6.26. The molecule has 1 aromatic rings. The molecule has 1 aromatic heterocycles. The van der Waals surface area contributed by atoms with Crippen LogP contribution in [0.5, 0.6) is 0 Å². The van der Waals surface area contributed by atoms with Crippen LogP contribution in [0.25, 0.3) is 0 Å². The zero-order valence-corrected chi connectivity index (χ0v) is 12.9. The van der Waals surface area contributed by atoms with E-state index >= 15 is 0 Å². The van der Waals surface area contributed by atoms with Gasteiger partial charge < -0.3 is 9.15 Å². The van der Waals surface area contributed by atoms with Crippen molar-refractivity contribution < 1.29 is 9.15 Å². The fourth-order valence-electron chi connectivity index (χ4n) is 3.56. The topological polar surface area (TPSA) is 25.6 Å². The summed E-state index contributed by atoms with van der Waals surface area (Å²) in [7, 11) is 0. The van der Waals surface area contributed by atoms with E-state index in [1.807, 2.05) is 0 Å². The van der Waals surface area contributed by atoms with Gasteiger partial charge in [0, 0.05) is 36.1 Å². The molecule has 0 amide bonds. The zero-order chi connectivity index (χ0) is 13.5. The van der Waals surface area contributed by atoms with Crippen LogP contribution in [0.15, 0.2) is 16.5 Å². The molecule has 0 bridgehead atoms. The summed E-state index contributed by atoms with van der Waals surface area (Å²) in [5.74, 6) is 5.09. The molecule has 110 valence electrons. The second-order valence-electron chi connectivity index (χ2n) is 6.43. The van der Waals surface area contributed by atoms with Crippen molar-refractivity contribution in [2.75, 3.05) is 25.5 Å². The summed E-state index contributed by atoms with van der Waals surface area (Å²) in [6, 6.07) is 5.07.